The van der Waals surface area contributed by atoms with Gasteiger partial charge >= 0.3 is 0 Å². The Balaban J connectivity index is 2.89. The number of benzene rings is 1. The molecular formula is C13H18BrN3O2. The lowest BCUT2D eigenvalue weighted by molar-refractivity contribution is -0.129. The Kier molecular flexibility index (Phi) is 5.35. The summed E-state index contributed by atoms with van der Waals surface area (Å²) in [6.45, 7) is 2.37. The van der Waals surface area contributed by atoms with Crippen LogP contribution >= 0.6 is 15.9 Å². The molecule has 2 N–H and O–H groups in total. The van der Waals surface area contributed by atoms with E-state index in [9.17, 15) is 9.59 Å². The average molecular weight is 328 g/mol. The van der Waals surface area contributed by atoms with Gasteiger partial charge in [0.2, 0.25) is 5.91 Å². The van der Waals surface area contributed by atoms with E-state index in [0.717, 1.165) is 4.47 Å². The van der Waals surface area contributed by atoms with Gasteiger partial charge in [-0.1, -0.05) is 0 Å². The smallest absolute Gasteiger partial charge is 0.254 e. The molecule has 1 aromatic carbocycles. The van der Waals surface area contributed by atoms with E-state index in [-0.39, 0.29) is 18.4 Å². The van der Waals surface area contributed by atoms with Crippen LogP contribution in [0.2, 0.25) is 0 Å². The highest BCUT2D eigenvalue weighted by Gasteiger charge is 2.18. The van der Waals surface area contributed by atoms with Gasteiger partial charge in [0.05, 0.1) is 6.54 Å². The molecule has 0 fully saturated rings. The van der Waals surface area contributed by atoms with Crippen LogP contribution in [0.1, 0.15) is 17.3 Å². The molecule has 0 saturated heterocycles. The van der Waals surface area contributed by atoms with Crippen LogP contribution in [0.3, 0.4) is 0 Å². The molecule has 6 heteroatoms. The highest BCUT2D eigenvalue weighted by atomic mass is 79.9. The number of anilines is 1. The van der Waals surface area contributed by atoms with Crippen molar-refractivity contribution in [2.24, 2.45) is 0 Å². The lowest BCUT2D eigenvalue weighted by atomic mass is 10.1. The lowest BCUT2D eigenvalue weighted by Gasteiger charge is -2.22. The van der Waals surface area contributed by atoms with Crippen LogP contribution in [-0.4, -0.2) is 48.8 Å². The van der Waals surface area contributed by atoms with Crippen molar-refractivity contribution in [1.82, 2.24) is 9.80 Å². The third-order valence-corrected chi connectivity index (χ3v) is 3.46. The second-order valence-corrected chi connectivity index (χ2v) is 5.20. The zero-order chi connectivity index (χ0) is 14.6. The number of nitrogens with zero attached hydrogens (tertiary/aromatic N) is 2. The summed E-state index contributed by atoms with van der Waals surface area (Å²) in [5, 5.41) is 0. The van der Waals surface area contributed by atoms with Crippen molar-refractivity contribution in [3.8, 4) is 0 Å². The van der Waals surface area contributed by atoms with Gasteiger partial charge in [0, 0.05) is 36.4 Å². The van der Waals surface area contributed by atoms with Gasteiger partial charge in [-0.15, -0.1) is 0 Å². The summed E-state index contributed by atoms with van der Waals surface area (Å²) in [5.74, 6) is -0.308. The number of amides is 2. The van der Waals surface area contributed by atoms with Crippen LogP contribution in [0.4, 0.5) is 5.69 Å². The number of halogens is 1. The number of nitrogen functional groups attached to an aromatic ring is 1. The fourth-order valence-electron chi connectivity index (χ4n) is 1.49. The van der Waals surface area contributed by atoms with Crippen molar-refractivity contribution in [3.63, 3.8) is 0 Å². The number of carbonyl (C=O) groups is 2. The summed E-state index contributed by atoms with van der Waals surface area (Å²) in [5.41, 5.74) is 6.74. The highest BCUT2D eigenvalue weighted by molar-refractivity contribution is 9.10. The molecule has 5 nitrogen and oxygen atoms in total. The van der Waals surface area contributed by atoms with E-state index < -0.39 is 0 Å². The quantitative estimate of drug-likeness (QED) is 0.854. The maximum absolute atomic E-state index is 12.3. The molecule has 0 spiro atoms. The van der Waals surface area contributed by atoms with Gasteiger partial charge in [0.15, 0.2) is 0 Å². The molecule has 0 radical (unpaired) electrons. The molecule has 104 valence electrons. The number of likely N-dealkylation sites (N-methyl/N-ethyl adjacent to an activating group) is 2. The van der Waals surface area contributed by atoms with Crippen molar-refractivity contribution < 1.29 is 9.59 Å². The molecular weight excluding hydrogens is 310 g/mol. The van der Waals surface area contributed by atoms with E-state index in [0.29, 0.717) is 17.8 Å². The van der Waals surface area contributed by atoms with Crippen molar-refractivity contribution >= 4 is 33.4 Å². The third kappa shape index (κ3) is 3.96. The van der Waals surface area contributed by atoms with Gasteiger partial charge < -0.3 is 15.5 Å². The molecule has 19 heavy (non-hydrogen) atoms. The monoisotopic (exact) mass is 327 g/mol. The lowest BCUT2D eigenvalue weighted by Crippen LogP contribution is -2.40. The molecule has 1 aromatic rings. The Morgan fingerprint density at radius 1 is 1.32 bits per heavy atom. The second kappa shape index (κ2) is 6.56. The number of hydrogen-bond donors (Lipinski definition) is 1. The van der Waals surface area contributed by atoms with Gasteiger partial charge in [0.25, 0.3) is 5.91 Å². The van der Waals surface area contributed by atoms with Crippen LogP contribution in [0, 0.1) is 0 Å². The molecule has 1 rings (SSSR count). The summed E-state index contributed by atoms with van der Waals surface area (Å²) in [7, 11) is 3.33. The van der Waals surface area contributed by atoms with Crippen LogP contribution in [0.15, 0.2) is 22.7 Å². The molecule has 0 aromatic heterocycles. The SMILES string of the molecule is CCN(CC(=O)N(C)C)C(=O)c1ccc(Br)c(N)c1. The minimum Gasteiger partial charge on any atom is -0.398 e. The Bertz CT molecular complexity index is 489. The van der Waals surface area contributed by atoms with Crippen LogP contribution in [0.5, 0.6) is 0 Å². The fraction of sp³-hybridized carbons (Fsp3) is 0.385. The molecule has 0 aliphatic rings. The topological polar surface area (TPSA) is 66.6 Å². The number of carbonyl (C=O) groups excluding carboxylic acids is 2. The minimum absolute atomic E-state index is 0.0678. The van der Waals surface area contributed by atoms with E-state index in [1.54, 1.807) is 32.3 Å². The van der Waals surface area contributed by atoms with Gasteiger partial charge in [0.1, 0.15) is 0 Å². The Hall–Kier alpha value is -1.56. The molecule has 0 bridgehead atoms. The molecule has 2 amide bonds. The third-order valence-electron chi connectivity index (χ3n) is 2.74. The van der Waals surface area contributed by atoms with Gasteiger partial charge in [-0.25, -0.2) is 0 Å². The summed E-state index contributed by atoms with van der Waals surface area (Å²) in [4.78, 5) is 26.9. The van der Waals surface area contributed by atoms with Crippen LogP contribution in [-0.2, 0) is 4.79 Å². The first-order chi connectivity index (χ1) is 8.86. The van der Waals surface area contributed by atoms with Crippen molar-refractivity contribution in [3.05, 3.63) is 28.2 Å². The molecule has 0 atom stereocenters. The van der Waals surface area contributed by atoms with E-state index in [1.807, 2.05) is 6.92 Å². The first-order valence-electron chi connectivity index (χ1n) is 5.91. The largest absolute Gasteiger partial charge is 0.398 e. The van der Waals surface area contributed by atoms with Crippen molar-refractivity contribution in [2.75, 3.05) is 32.9 Å². The number of rotatable bonds is 4. The minimum atomic E-state index is -0.197. The van der Waals surface area contributed by atoms with E-state index in [4.69, 9.17) is 5.73 Å². The Morgan fingerprint density at radius 3 is 2.42 bits per heavy atom. The number of nitrogens with two attached hydrogens (primary N) is 1. The van der Waals surface area contributed by atoms with E-state index in [1.165, 1.54) is 9.80 Å². The van der Waals surface area contributed by atoms with Crippen molar-refractivity contribution in [2.45, 2.75) is 6.92 Å². The van der Waals surface area contributed by atoms with Gasteiger partial charge in [-0.05, 0) is 41.1 Å². The summed E-state index contributed by atoms with van der Waals surface area (Å²) >= 11 is 3.28. The summed E-state index contributed by atoms with van der Waals surface area (Å²) in [6, 6.07) is 5.02. The maximum Gasteiger partial charge on any atom is 0.254 e. The standard InChI is InChI=1S/C13H18BrN3O2/c1-4-17(8-12(18)16(2)3)13(19)9-5-6-10(14)11(15)7-9/h5-7H,4,8,15H2,1-3H3. The van der Waals surface area contributed by atoms with Crippen LogP contribution in [0.25, 0.3) is 0 Å². The molecule has 0 aliphatic heterocycles. The summed E-state index contributed by atoms with van der Waals surface area (Å²) < 4.78 is 0.747. The van der Waals surface area contributed by atoms with E-state index >= 15 is 0 Å². The normalized spacial score (nSPS) is 10.1. The summed E-state index contributed by atoms with van der Waals surface area (Å²) in [6.07, 6.45) is 0. The molecule has 0 aliphatic carbocycles. The first-order valence-corrected chi connectivity index (χ1v) is 6.70. The van der Waals surface area contributed by atoms with Gasteiger partial charge in [-0.2, -0.15) is 0 Å². The maximum atomic E-state index is 12.3. The second-order valence-electron chi connectivity index (χ2n) is 4.34. The zero-order valence-corrected chi connectivity index (χ0v) is 12.9. The van der Waals surface area contributed by atoms with Crippen LogP contribution < -0.4 is 5.73 Å². The van der Waals surface area contributed by atoms with Gasteiger partial charge in [-0.3, -0.25) is 9.59 Å². The number of hydrogen-bond acceptors (Lipinski definition) is 3. The zero-order valence-electron chi connectivity index (χ0n) is 11.3. The highest BCUT2D eigenvalue weighted by Crippen LogP contribution is 2.21. The molecule has 0 unspecified atom stereocenters. The molecule has 0 saturated carbocycles. The fourth-order valence-corrected chi connectivity index (χ4v) is 1.74. The predicted octanol–water partition coefficient (Wildman–Crippen LogP) is 1.58. The Labute approximate surface area is 121 Å². The molecule has 0 heterocycles. The first kappa shape index (κ1) is 15.5. The average Bonchev–Trinajstić information content (AvgIpc) is 2.37. The van der Waals surface area contributed by atoms with E-state index in [2.05, 4.69) is 15.9 Å². The Morgan fingerprint density at radius 2 is 1.95 bits per heavy atom. The predicted molar refractivity (Wildman–Crippen MR) is 78.8 cm³/mol. The van der Waals surface area contributed by atoms with Crippen molar-refractivity contribution in [1.29, 1.82) is 0 Å².